The molecule has 0 radical (unpaired) electrons. The summed E-state index contributed by atoms with van der Waals surface area (Å²) in [7, 11) is 0. The first-order valence-electron chi connectivity index (χ1n) is 22.2. The Bertz CT molecular complexity index is 2300. The quantitative estimate of drug-likeness (QED) is 0.0557. The standard InChI is InChI=1S/C46H62F3N9O6/c1-4-35-29-53-58-42(27-43(55-45(35)58)57-13-6-5-9-38(57)12-15-59)52-28-34-10-11-44(60)56(31-34)14-17-62-19-21-64-23-22-63-20-18-61-16-7-8-37-25-36(26-41(54-37)46(47,48)49)39-30-51-40(33(3)50)24-32(39)2/h10-11,24-27,29-31,33,38,52,59H,4-9,12-23,28,50H2,1-3H3/t33-,38-/m0/s1. The summed E-state index contributed by atoms with van der Waals surface area (Å²) < 4.78 is 67.2. The zero-order valence-electron chi connectivity index (χ0n) is 37.1. The highest BCUT2D eigenvalue weighted by Gasteiger charge is 2.33. The van der Waals surface area contributed by atoms with Crippen molar-refractivity contribution < 1.29 is 37.2 Å². The fourth-order valence-corrected chi connectivity index (χ4v) is 7.75. The Balaban J connectivity index is 0.851. The number of hydrogen-bond acceptors (Lipinski definition) is 13. The van der Waals surface area contributed by atoms with Crippen LogP contribution in [0.4, 0.5) is 24.8 Å². The van der Waals surface area contributed by atoms with Gasteiger partial charge >= 0.3 is 6.18 Å². The molecule has 1 saturated heterocycles. The molecule has 0 saturated carbocycles. The average molecular weight is 894 g/mol. The molecule has 1 aliphatic rings. The third-order valence-electron chi connectivity index (χ3n) is 11.2. The van der Waals surface area contributed by atoms with E-state index in [4.69, 9.17) is 29.7 Å². The molecule has 2 atom stereocenters. The molecule has 0 amide bonds. The van der Waals surface area contributed by atoms with E-state index in [0.29, 0.717) is 108 Å². The number of aryl methyl sites for hydroxylation is 3. The third-order valence-corrected chi connectivity index (χ3v) is 11.2. The summed E-state index contributed by atoms with van der Waals surface area (Å²) in [4.78, 5) is 28.2. The van der Waals surface area contributed by atoms with Crippen LogP contribution in [-0.2, 0) is 51.1 Å². The summed E-state index contributed by atoms with van der Waals surface area (Å²) in [6.45, 7) is 10.4. The average Bonchev–Trinajstić information content (AvgIpc) is 3.71. The van der Waals surface area contributed by atoms with E-state index in [1.54, 1.807) is 35.9 Å². The number of alkyl halides is 3. The van der Waals surface area contributed by atoms with Crippen LogP contribution in [0.5, 0.6) is 0 Å². The predicted octanol–water partition coefficient (Wildman–Crippen LogP) is 6.31. The van der Waals surface area contributed by atoms with Gasteiger partial charge in [-0.3, -0.25) is 9.78 Å². The highest BCUT2D eigenvalue weighted by Crippen LogP contribution is 2.33. The van der Waals surface area contributed by atoms with Crippen molar-refractivity contribution in [2.24, 2.45) is 5.73 Å². The number of nitrogens with one attached hydrogen (secondary N) is 1. The Morgan fingerprint density at radius 1 is 0.953 bits per heavy atom. The molecule has 5 aromatic rings. The molecule has 0 bridgehead atoms. The molecule has 18 heteroatoms. The second kappa shape index (κ2) is 23.8. The van der Waals surface area contributed by atoms with Crippen LogP contribution in [0.15, 0.2) is 59.8 Å². The summed E-state index contributed by atoms with van der Waals surface area (Å²) in [6, 6.07) is 9.88. The van der Waals surface area contributed by atoms with E-state index in [1.165, 1.54) is 0 Å². The Hall–Kier alpha value is -4.98. The van der Waals surface area contributed by atoms with E-state index < -0.39 is 11.9 Å². The molecule has 6 rings (SSSR count). The number of hydrogen-bond donors (Lipinski definition) is 3. The lowest BCUT2D eigenvalue weighted by atomic mass is 9.99. The van der Waals surface area contributed by atoms with Gasteiger partial charge < -0.3 is 44.6 Å². The minimum Gasteiger partial charge on any atom is -0.396 e. The summed E-state index contributed by atoms with van der Waals surface area (Å²) in [5, 5.41) is 17.8. The van der Waals surface area contributed by atoms with Gasteiger partial charge in [0, 0.05) is 86.3 Å². The largest absolute Gasteiger partial charge is 0.433 e. The molecule has 0 spiro atoms. The van der Waals surface area contributed by atoms with E-state index >= 15 is 0 Å². The molecule has 15 nitrogen and oxygen atoms in total. The molecule has 4 N–H and O–H groups in total. The summed E-state index contributed by atoms with van der Waals surface area (Å²) >= 11 is 0. The van der Waals surface area contributed by atoms with E-state index in [2.05, 4.69) is 32.2 Å². The lowest BCUT2D eigenvalue weighted by Crippen LogP contribution is -2.40. The molecule has 0 aromatic carbocycles. The van der Waals surface area contributed by atoms with Crippen LogP contribution >= 0.6 is 0 Å². The van der Waals surface area contributed by atoms with Gasteiger partial charge in [0.05, 0.1) is 58.1 Å². The Kier molecular flexibility index (Phi) is 18.0. The number of halogens is 3. The van der Waals surface area contributed by atoms with Gasteiger partial charge in [-0.25, -0.2) is 9.97 Å². The summed E-state index contributed by atoms with van der Waals surface area (Å²) in [6.07, 6.45) is 6.24. The Morgan fingerprint density at radius 3 is 2.38 bits per heavy atom. The van der Waals surface area contributed by atoms with Crippen LogP contribution in [0.1, 0.15) is 85.8 Å². The molecule has 0 aliphatic carbocycles. The Labute approximate surface area is 372 Å². The summed E-state index contributed by atoms with van der Waals surface area (Å²) in [5.74, 6) is 1.68. The number of pyridine rings is 3. The third kappa shape index (κ3) is 13.5. The second-order valence-corrected chi connectivity index (χ2v) is 16.0. The highest BCUT2D eigenvalue weighted by molar-refractivity contribution is 5.67. The van der Waals surface area contributed by atoms with E-state index in [0.717, 1.165) is 72.3 Å². The number of piperidine rings is 1. The molecular formula is C46H62F3N9O6. The van der Waals surface area contributed by atoms with Crippen molar-refractivity contribution in [3.63, 3.8) is 0 Å². The predicted molar refractivity (Wildman–Crippen MR) is 238 cm³/mol. The van der Waals surface area contributed by atoms with Gasteiger partial charge in [-0.1, -0.05) is 13.0 Å². The molecule has 5 aromatic heterocycles. The first kappa shape index (κ1) is 48.5. The zero-order valence-corrected chi connectivity index (χ0v) is 37.1. The van der Waals surface area contributed by atoms with E-state index in [1.807, 2.05) is 36.0 Å². The number of anilines is 2. The molecular weight excluding hydrogens is 832 g/mol. The minimum atomic E-state index is -4.58. The molecule has 0 unspecified atom stereocenters. The Morgan fingerprint density at radius 2 is 1.69 bits per heavy atom. The van der Waals surface area contributed by atoms with Gasteiger partial charge in [0.1, 0.15) is 17.3 Å². The molecule has 1 fully saturated rings. The smallest absolute Gasteiger partial charge is 0.396 e. The number of aromatic nitrogens is 6. The van der Waals surface area contributed by atoms with Gasteiger partial charge in [-0.15, -0.1) is 0 Å². The number of aliphatic hydroxyl groups excluding tert-OH is 1. The molecule has 348 valence electrons. The second-order valence-electron chi connectivity index (χ2n) is 16.0. The fourth-order valence-electron chi connectivity index (χ4n) is 7.75. The highest BCUT2D eigenvalue weighted by atomic mass is 19.4. The van der Waals surface area contributed by atoms with Gasteiger partial charge in [-0.05, 0) is 93.7 Å². The van der Waals surface area contributed by atoms with Crippen molar-refractivity contribution in [1.82, 2.24) is 29.1 Å². The van der Waals surface area contributed by atoms with Crippen molar-refractivity contribution in [2.75, 3.05) is 76.2 Å². The number of rotatable bonds is 25. The SMILES string of the molecule is CCc1cnn2c(NCc3ccc(=O)n(CCOCCOCCOCCOCCCc4cc(-c5cnc([C@H](C)N)cc5C)cc(C(F)(F)F)n4)c3)cc(N3CCCC[C@H]3CCO)nc12. The molecule has 1 aliphatic heterocycles. The number of ether oxygens (including phenoxy) is 4. The normalized spacial score (nSPS) is 15.0. The zero-order chi connectivity index (χ0) is 45.5. The van der Waals surface area contributed by atoms with Crippen LogP contribution < -0.4 is 21.5 Å². The van der Waals surface area contributed by atoms with Crippen molar-refractivity contribution in [1.29, 1.82) is 0 Å². The maximum atomic E-state index is 13.7. The van der Waals surface area contributed by atoms with Crippen LogP contribution in [0, 0.1) is 6.92 Å². The number of fused-ring (bicyclic) bond motifs is 1. The number of nitrogens with two attached hydrogens (primary N) is 1. The van der Waals surface area contributed by atoms with Gasteiger partial charge in [0.15, 0.2) is 5.65 Å². The first-order chi connectivity index (χ1) is 30.9. The van der Waals surface area contributed by atoms with Crippen LogP contribution in [0.2, 0.25) is 0 Å². The van der Waals surface area contributed by atoms with Gasteiger partial charge in [-0.2, -0.15) is 22.8 Å². The maximum Gasteiger partial charge on any atom is 0.433 e. The minimum absolute atomic E-state index is 0.117. The van der Waals surface area contributed by atoms with Crippen molar-refractivity contribution in [3.05, 3.63) is 99.1 Å². The fraction of sp³-hybridized carbons (Fsp3) is 0.543. The molecule has 6 heterocycles. The van der Waals surface area contributed by atoms with Crippen LogP contribution in [0.3, 0.4) is 0 Å². The van der Waals surface area contributed by atoms with Crippen LogP contribution in [-0.4, -0.2) is 106 Å². The van der Waals surface area contributed by atoms with Crippen molar-refractivity contribution >= 4 is 17.3 Å². The van der Waals surface area contributed by atoms with Gasteiger partial charge in [0.2, 0.25) is 0 Å². The number of nitrogens with zero attached hydrogens (tertiary/aromatic N) is 7. The lowest BCUT2D eigenvalue weighted by Gasteiger charge is -2.36. The number of aliphatic hydroxyl groups is 1. The lowest BCUT2D eigenvalue weighted by molar-refractivity contribution is -0.141. The topological polar surface area (TPSA) is 176 Å². The van der Waals surface area contributed by atoms with Gasteiger partial charge in [0.25, 0.3) is 5.56 Å². The first-order valence-corrected chi connectivity index (χ1v) is 22.2. The maximum absolute atomic E-state index is 13.7. The van der Waals surface area contributed by atoms with E-state index in [9.17, 15) is 23.1 Å². The monoisotopic (exact) mass is 893 g/mol. The van der Waals surface area contributed by atoms with Crippen molar-refractivity contribution in [3.8, 4) is 11.1 Å². The molecule has 64 heavy (non-hydrogen) atoms. The van der Waals surface area contributed by atoms with E-state index in [-0.39, 0.29) is 24.2 Å². The van der Waals surface area contributed by atoms with Crippen molar-refractivity contribution in [2.45, 2.75) is 97.1 Å². The summed E-state index contributed by atoms with van der Waals surface area (Å²) in [5.41, 5.74) is 10.5. The van der Waals surface area contributed by atoms with Crippen LogP contribution in [0.25, 0.3) is 16.8 Å².